The van der Waals surface area contributed by atoms with Crippen LogP contribution in [0.25, 0.3) is 11.0 Å². The molecule has 3 N–H and O–H groups in total. The van der Waals surface area contributed by atoms with E-state index < -0.39 is 10.8 Å². The molecule has 0 radical (unpaired) electrons. The highest BCUT2D eigenvalue weighted by Gasteiger charge is 2.16. The molecule has 5 nitrogen and oxygen atoms in total. The average Bonchev–Trinajstić information content (AvgIpc) is 2.73. The number of nitrogen functional groups attached to an aromatic ring is 1. The number of H-pyrrole nitrogens is 1. The lowest BCUT2D eigenvalue weighted by Gasteiger charge is -2.24. The molecule has 96 valence electrons. The molecule has 2 heterocycles. The predicted octanol–water partition coefficient (Wildman–Crippen LogP) is 0.709. The Balaban J connectivity index is 1.76. The quantitative estimate of drug-likeness (QED) is 0.783. The van der Waals surface area contributed by atoms with Crippen LogP contribution in [0.3, 0.4) is 0 Å². The van der Waals surface area contributed by atoms with Crippen molar-refractivity contribution in [2.24, 2.45) is 0 Å². The van der Waals surface area contributed by atoms with E-state index in [2.05, 4.69) is 14.9 Å². The van der Waals surface area contributed by atoms with E-state index in [4.69, 9.17) is 5.73 Å². The standard InChI is InChI=1S/C12H16N4OS/c13-9-1-2-10-11(7-9)15-12(14-10)8-16-3-5-18(17)6-4-16/h1-2,7H,3-6,8,13H2,(H,14,15). The van der Waals surface area contributed by atoms with E-state index in [1.807, 2.05) is 18.2 Å². The van der Waals surface area contributed by atoms with E-state index in [1.54, 1.807) is 0 Å². The first-order valence-corrected chi connectivity index (χ1v) is 7.51. The van der Waals surface area contributed by atoms with Crippen LogP contribution in [-0.2, 0) is 17.3 Å². The zero-order valence-electron chi connectivity index (χ0n) is 10.1. The maximum Gasteiger partial charge on any atom is 0.121 e. The maximum absolute atomic E-state index is 11.3. The summed E-state index contributed by atoms with van der Waals surface area (Å²) in [5.74, 6) is 2.49. The molecule has 0 saturated carbocycles. The molecule has 1 aromatic carbocycles. The molecule has 0 unspecified atom stereocenters. The second-order valence-corrected chi connectivity index (χ2v) is 6.28. The minimum absolute atomic E-state index is 0.626. The van der Waals surface area contributed by atoms with Gasteiger partial charge in [-0.2, -0.15) is 0 Å². The number of fused-ring (bicyclic) bond motifs is 1. The van der Waals surface area contributed by atoms with Crippen LogP contribution in [0.2, 0.25) is 0 Å². The van der Waals surface area contributed by atoms with Gasteiger partial charge in [-0.3, -0.25) is 9.11 Å². The number of nitrogens with one attached hydrogen (secondary N) is 1. The Labute approximate surface area is 108 Å². The Morgan fingerprint density at radius 3 is 2.94 bits per heavy atom. The second kappa shape index (κ2) is 4.70. The Hall–Kier alpha value is -1.40. The topological polar surface area (TPSA) is 75.0 Å². The molecular formula is C12H16N4OS. The van der Waals surface area contributed by atoms with E-state index in [0.29, 0.717) is 0 Å². The van der Waals surface area contributed by atoms with Crippen molar-refractivity contribution in [3.63, 3.8) is 0 Å². The summed E-state index contributed by atoms with van der Waals surface area (Å²) in [7, 11) is -0.626. The van der Waals surface area contributed by atoms with Gasteiger partial charge >= 0.3 is 0 Å². The normalized spacial score (nSPS) is 18.4. The molecule has 1 fully saturated rings. The van der Waals surface area contributed by atoms with Gasteiger partial charge in [0.25, 0.3) is 0 Å². The number of rotatable bonds is 2. The maximum atomic E-state index is 11.3. The van der Waals surface area contributed by atoms with E-state index in [-0.39, 0.29) is 0 Å². The Bertz CT molecular complexity index is 585. The first-order chi connectivity index (χ1) is 8.70. The number of benzene rings is 1. The summed E-state index contributed by atoms with van der Waals surface area (Å²) < 4.78 is 11.3. The predicted molar refractivity (Wildman–Crippen MR) is 73.7 cm³/mol. The zero-order chi connectivity index (χ0) is 12.5. The van der Waals surface area contributed by atoms with Crippen molar-refractivity contribution in [2.75, 3.05) is 30.3 Å². The van der Waals surface area contributed by atoms with Crippen molar-refractivity contribution in [1.82, 2.24) is 14.9 Å². The van der Waals surface area contributed by atoms with Crippen molar-refractivity contribution in [3.05, 3.63) is 24.0 Å². The molecule has 0 amide bonds. The Kier molecular flexibility index (Phi) is 3.05. The van der Waals surface area contributed by atoms with E-state index >= 15 is 0 Å². The number of imidazole rings is 1. The minimum Gasteiger partial charge on any atom is -0.399 e. The van der Waals surface area contributed by atoms with Crippen molar-refractivity contribution in [1.29, 1.82) is 0 Å². The summed E-state index contributed by atoms with van der Waals surface area (Å²) in [5.41, 5.74) is 8.40. The van der Waals surface area contributed by atoms with Gasteiger partial charge in [0.1, 0.15) is 5.82 Å². The van der Waals surface area contributed by atoms with Gasteiger partial charge in [0.15, 0.2) is 0 Å². The van der Waals surface area contributed by atoms with Crippen LogP contribution in [0.15, 0.2) is 18.2 Å². The van der Waals surface area contributed by atoms with E-state index in [9.17, 15) is 4.21 Å². The molecule has 0 aliphatic carbocycles. The molecule has 0 atom stereocenters. The van der Waals surface area contributed by atoms with Gasteiger partial charge in [-0.1, -0.05) is 0 Å². The van der Waals surface area contributed by atoms with Crippen LogP contribution in [0.4, 0.5) is 5.69 Å². The summed E-state index contributed by atoms with van der Waals surface area (Å²) in [6, 6.07) is 5.68. The van der Waals surface area contributed by atoms with Gasteiger partial charge in [-0.05, 0) is 18.2 Å². The molecular weight excluding hydrogens is 248 g/mol. The van der Waals surface area contributed by atoms with Gasteiger partial charge in [-0.25, -0.2) is 4.98 Å². The smallest absolute Gasteiger partial charge is 0.121 e. The SMILES string of the molecule is Nc1ccc2nc(CN3CCS(=O)CC3)[nH]c2c1. The monoisotopic (exact) mass is 264 g/mol. The second-order valence-electron chi connectivity index (χ2n) is 4.58. The molecule has 18 heavy (non-hydrogen) atoms. The third-order valence-electron chi connectivity index (χ3n) is 3.20. The highest BCUT2D eigenvalue weighted by Crippen LogP contribution is 2.16. The minimum atomic E-state index is -0.626. The number of aromatic amines is 1. The van der Waals surface area contributed by atoms with Crippen LogP contribution >= 0.6 is 0 Å². The lowest BCUT2D eigenvalue weighted by Crippen LogP contribution is -2.37. The van der Waals surface area contributed by atoms with Crippen molar-refractivity contribution >= 4 is 27.5 Å². The summed E-state index contributed by atoms with van der Waals surface area (Å²) >= 11 is 0. The molecule has 1 aliphatic rings. The van der Waals surface area contributed by atoms with Gasteiger partial charge in [0.2, 0.25) is 0 Å². The van der Waals surface area contributed by atoms with Crippen molar-refractivity contribution in [2.45, 2.75) is 6.54 Å². The fourth-order valence-electron chi connectivity index (χ4n) is 2.20. The Morgan fingerprint density at radius 1 is 1.39 bits per heavy atom. The zero-order valence-corrected chi connectivity index (χ0v) is 10.9. The lowest BCUT2D eigenvalue weighted by atomic mass is 10.3. The van der Waals surface area contributed by atoms with Crippen LogP contribution in [0.5, 0.6) is 0 Å². The van der Waals surface area contributed by atoms with Gasteiger partial charge in [0.05, 0.1) is 17.6 Å². The third kappa shape index (κ3) is 2.39. The molecule has 3 rings (SSSR count). The molecule has 6 heteroatoms. The lowest BCUT2D eigenvalue weighted by molar-refractivity contribution is 0.285. The summed E-state index contributed by atoms with van der Waals surface area (Å²) in [4.78, 5) is 10.1. The summed E-state index contributed by atoms with van der Waals surface area (Å²) in [6.45, 7) is 2.55. The Morgan fingerprint density at radius 2 is 2.17 bits per heavy atom. The molecule has 1 saturated heterocycles. The molecule has 1 aromatic heterocycles. The van der Waals surface area contributed by atoms with Gasteiger partial charge in [-0.15, -0.1) is 0 Å². The fraction of sp³-hybridized carbons (Fsp3) is 0.417. The number of nitrogens with two attached hydrogens (primary N) is 1. The fourth-order valence-corrected chi connectivity index (χ4v) is 3.33. The highest BCUT2D eigenvalue weighted by molar-refractivity contribution is 7.85. The summed E-state index contributed by atoms with van der Waals surface area (Å²) in [5, 5.41) is 0. The number of hydrogen-bond donors (Lipinski definition) is 2. The van der Waals surface area contributed by atoms with Crippen LogP contribution in [0, 0.1) is 0 Å². The number of aromatic nitrogens is 2. The van der Waals surface area contributed by atoms with E-state index in [0.717, 1.165) is 53.7 Å². The number of anilines is 1. The van der Waals surface area contributed by atoms with Gasteiger partial charge < -0.3 is 10.7 Å². The summed E-state index contributed by atoms with van der Waals surface area (Å²) in [6.07, 6.45) is 0. The molecule has 2 aromatic rings. The van der Waals surface area contributed by atoms with Crippen molar-refractivity contribution in [3.8, 4) is 0 Å². The largest absolute Gasteiger partial charge is 0.399 e. The molecule has 0 spiro atoms. The molecule has 0 bridgehead atoms. The first kappa shape index (κ1) is 11.7. The number of nitrogens with zero attached hydrogens (tertiary/aromatic N) is 2. The molecule has 1 aliphatic heterocycles. The van der Waals surface area contributed by atoms with Gasteiger partial charge in [0, 0.05) is 41.1 Å². The van der Waals surface area contributed by atoms with E-state index in [1.165, 1.54) is 0 Å². The highest BCUT2D eigenvalue weighted by atomic mass is 32.2. The van der Waals surface area contributed by atoms with Crippen molar-refractivity contribution < 1.29 is 4.21 Å². The number of hydrogen-bond acceptors (Lipinski definition) is 4. The average molecular weight is 264 g/mol. The van der Waals surface area contributed by atoms with Crippen LogP contribution in [0.1, 0.15) is 5.82 Å². The third-order valence-corrected chi connectivity index (χ3v) is 4.47. The van der Waals surface area contributed by atoms with Crippen LogP contribution < -0.4 is 5.73 Å². The van der Waals surface area contributed by atoms with Crippen LogP contribution in [-0.4, -0.2) is 43.7 Å². The first-order valence-electron chi connectivity index (χ1n) is 6.02.